The van der Waals surface area contributed by atoms with E-state index in [4.69, 9.17) is 5.73 Å². The number of anilines is 1. The summed E-state index contributed by atoms with van der Waals surface area (Å²) in [5.74, 6) is 0.770. The predicted octanol–water partition coefficient (Wildman–Crippen LogP) is 2.95. The van der Waals surface area contributed by atoms with E-state index in [1.165, 1.54) is 24.1 Å². The highest BCUT2D eigenvalue weighted by molar-refractivity contribution is 5.55. The van der Waals surface area contributed by atoms with Gasteiger partial charge in [-0.2, -0.15) is 0 Å². The number of rotatable bonds is 5. The van der Waals surface area contributed by atoms with Crippen LogP contribution in [0.3, 0.4) is 0 Å². The molecule has 1 aromatic carbocycles. The summed E-state index contributed by atoms with van der Waals surface area (Å²) in [4.78, 5) is 2.50. The van der Waals surface area contributed by atoms with Gasteiger partial charge in [-0.1, -0.05) is 18.2 Å². The Bertz CT molecular complexity index is 384. The number of benzene rings is 1. The van der Waals surface area contributed by atoms with Gasteiger partial charge >= 0.3 is 0 Å². The number of aryl methyl sites for hydroxylation is 1. The van der Waals surface area contributed by atoms with Crippen LogP contribution in [-0.4, -0.2) is 18.6 Å². The van der Waals surface area contributed by atoms with Crippen molar-refractivity contribution in [1.29, 1.82) is 0 Å². The second kappa shape index (κ2) is 4.69. The lowest BCUT2D eigenvalue weighted by Gasteiger charge is -2.43. The number of nitrogens with zero attached hydrogens (tertiary/aromatic N) is 1. The summed E-state index contributed by atoms with van der Waals surface area (Å²) < 4.78 is 0. The number of hydrogen-bond donors (Lipinski definition) is 1. The smallest absolute Gasteiger partial charge is 0.0524 e. The maximum Gasteiger partial charge on any atom is 0.0524 e. The van der Waals surface area contributed by atoms with Crippen LogP contribution in [0.15, 0.2) is 24.3 Å². The molecule has 1 atom stereocenters. The van der Waals surface area contributed by atoms with Gasteiger partial charge in [0.2, 0.25) is 0 Å². The molecule has 2 N–H and O–H groups in total. The molecule has 1 fully saturated rings. The molecule has 1 aliphatic rings. The van der Waals surface area contributed by atoms with Crippen LogP contribution < -0.4 is 10.6 Å². The summed E-state index contributed by atoms with van der Waals surface area (Å²) in [5, 5.41) is 0. The quantitative estimate of drug-likeness (QED) is 0.845. The first-order chi connectivity index (χ1) is 8.13. The van der Waals surface area contributed by atoms with Crippen molar-refractivity contribution in [3.8, 4) is 0 Å². The van der Waals surface area contributed by atoms with E-state index in [9.17, 15) is 0 Å². The molecule has 17 heavy (non-hydrogen) atoms. The minimum Gasteiger partial charge on any atom is -0.365 e. The Morgan fingerprint density at radius 3 is 2.47 bits per heavy atom. The molecular formula is C15H24N2. The monoisotopic (exact) mass is 232 g/mol. The van der Waals surface area contributed by atoms with Crippen LogP contribution >= 0.6 is 0 Å². The number of hydrogen-bond acceptors (Lipinski definition) is 2. The van der Waals surface area contributed by atoms with Gasteiger partial charge in [-0.3, -0.25) is 0 Å². The van der Waals surface area contributed by atoms with E-state index in [1.54, 1.807) is 0 Å². The second-order valence-corrected chi connectivity index (χ2v) is 5.37. The highest BCUT2D eigenvalue weighted by Gasteiger charge is 2.44. The Labute approximate surface area is 105 Å². The average molecular weight is 232 g/mol. The molecule has 0 spiro atoms. The van der Waals surface area contributed by atoms with Crippen molar-refractivity contribution in [2.45, 2.75) is 39.2 Å². The Kier molecular flexibility index (Phi) is 3.43. The zero-order valence-electron chi connectivity index (χ0n) is 11.2. The van der Waals surface area contributed by atoms with Crippen LogP contribution in [0.25, 0.3) is 0 Å². The summed E-state index contributed by atoms with van der Waals surface area (Å²) in [5.41, 5.74) is 8.88. The molecule has 94 valence electrons. The van der Waals surface area contributed by atoms with Gasteiger partial charge in [0, 0.05) is 18.8 Å². The van der Waals surface area contributed by atoms with Crippen LogP contribution in [-0.2, 0) is 0 Å². The lowest BCUT2D eigenvalue weighted by atomic mass is 9.92. The molecule has 0 aliphatic heterocycles. The Hall–Kier alpha value is -1.02. The second-order valence-electron chi connectivity index (χ2n) is 5.37. The van der Waals surface area contributed by atoms with Gasteiger partial charge in [0.1, 0.15) is 0 Å². The van der Waals surface area contributed by atoms with Gasteiger partial charge in [-0.15, -0.1) is 0 Å². The van der Waals surface area contributed by atoms with Gasteiger partial charge < -0.3 is 10.6 Å². The lowest BCUT2D eigenvalue weighted by molar-refractivity contribution is 0.382. The maximum absolute atomic E-state index is 6.07. The van der Waals surface area contributed by atoms with Crippen molar-refractivity contribution in [2.75, 3.05) is 18.0 Å². The Morgan fingerprint density at radius 2 is 2.00 bits per heavy atom. The van der Waals surface area contributed by atoms with E-state index in [2.05, 4.69) is 49.9 Å². The topological polar surface area (TPSA) is 29.3 Å². The summed E-state index contributed by atoms with van der Waals surface area (Å²) in [6, 6.07) is 8.62. The fourth-order valence-electron chi connectivity index (χ4n) is 2.88. The van der Waals surface area contributed by atoms with E-state index < -0.39 is 0 Å². The van der Waals surface area contributed by atoms with Crippen LogP contribution in [0.2, 0.25) is 0 Å². The van der Waals surface area contributed by atoms with E-state index in [0.29, 0.717) is 0 Å². The zero-order chi connectivity index (χ0) is 12.5. The van der Waals surface area contributed by atoms with Crippen molar-refractivity contribution < 1.29 is 0 Å². The first kappa shape index (κ1) is 12.4. The molecule has 1 aliphatic carbocycles. The van der Waals surface area contributed by atoms with Crippen molar-refractivity contribution in [2.24, 2.45) is 11.7 Å². The number of para-hydroxylation sites is 1. The third kappa shape index (κ3) is 2.19. The molecule has 1 saturated carbocycles. The standard InChI is InChI=1S/C15H24N2/c1-4-17(14-8-6-5-7-12(14)2)15(3,11-16)13-9-10-13/h5-8,13H,4,9-11,16H2,1-3H3. The van der Waals surface area contributed by atoms with E-state index in [1.807, 2.05) is 0 Å². The number of nitrogens with two attached hydrogens (primary N) is 1. The van der Waals surface area contributed by atoms with Gasteiger partial charge in [-0.25, -0.2) is 0 Å². The summed E-state index contributed by atoms with van der Waals surface area (Å²) in [7, 11) is 0. The first-order valence-electron chi connectivity index (χ1n) is 6.66. The minimum atomic E-state index is 0.126. The molecule has 0 aromatic heterocycles. The molecule has 1 unspecified atom stereocenters. The highest BCUT2D eigenvalue weighted by Crippen LogP contribution is 2.44. The predicted molar refractivity (Wildman–Crippen MR) is 74.4 cm³/mol. The molecule has 0 heterocycles. The molecule has 0 radical (unpaired) electrons. The molecule has 0 amide bonds. The third-order valence-corrected chi connectivity index (χ3v) is 4.21. The molecule has 2 rings (SSSR count). The van der Waals surface area contributed by atoms with Crippen molar-refractivity contribution in [3.63, 3.8) is 0 Å². The minimum absolute atomic E-state index is 0.126. The van der Waals surface area contributed by atoms with Crippen LogP contribution in [0.5, 0.6) is 0 Å². The fourth-order valence-corrected chi connectivity index (χ4v) is 2.88. The van der Waals surface area contributed by atoms with Crippen molar-refractivity contribution in [1.82, 2.24) is 0 Å². The largest absolute Gasteiger partial charge is 0.365 e. The average Bonchev–Trinajstić information content (AvgIpc) is 3.16. The van der Waals surface area contributed by atoms with E-state index >= 15 is 0 Å². The SMILES string of the molecule is CCN(c1ccccc1C)C(C)(CN)C1CC1. The molecule has 1 aromatic rings. The fraction of sp³-hybridized carbons (Fsp3) is 0.600. The van der Waals surface area contributed by atoms with E-state index in [0.717, 1.165) is 19.0 Å². The lowest BCUT2D eigenvalue weighted by Crippen LogP contribution is -2.54. The molecule has 2 nitrogen and oxygen atoms in total. The van der Waals surface area contributed by atoms with Gasteiger partial charge in [0.05, 0.1) is 5.54 Å². The Morgan fingerprint density at radius 1 is 1.35 bits per heavy atom. The summed E-state index contributed by atoms with van der Waals surface area (Å²) >= 11 is 0. The summed E-state index contributed by atoms with van der Waals surface area (Å²) in [6.07, 6.45) is 2.66. The normalized spacial score (nSPS) is 18.8. The van der Waals surface area contributed by atoms with Crippen LogP contribution in [0.1, 0.15) is 32.3 Å². The van der Waals surface area contributed by atoms with Crippen molar-refractivity contribution in [3.05, 3.63) is 29.8 Å². The van der Waals surface area contributed by atoms with Crippen LogP contribution in [0.4, 0.5) is 5.69 Å². The maximum atomic E-state index is 6.07. The molecular weight excluding hydrogens is 208 g/mol. The molecule has 0 bridgehead atoms. The van der Waals surface area contributed by atoms with Gasteiger partial charge in [0.25, 0.3) is 0 Å². The van der Waals surface area contributed by atoms with Gasteiger partial charge in [0.15, 0.2) is 0 Å². The van der Waals surface area contributed by atoms with E-state index in [-0.39, 0.29) is 5.54 Å². The third-order valence-electron chi connectivity index (χ3n) is 4.21. The Balaban J connectivity index is 2.35. The number of likely N-dealkylation sites (N-methyl/N-ethyl adjacent to an activating group) is 1. The zero-order valence-corrected chi connectivity index (χ0v) is 11.2. The van der Waals surface area contributed by atoms with Crippen LogP contribution in [0, 0.1) is 12.8 Å². The molecule has 0 saturated heterocycles. The first-order valence-corrected chi connectivity index (χ1v) is 6.66. The highest BCUT2D eigenvalue weighted by atomic mass is 15.2. The molecule has 2 heteroatoms. The van der Waals surface area contributed by atoms with Crippen molar-refractivity contribution >= 4 is 5.69 Å². The summed E-state index contributed by atoms with van der Waals surface area (Å²) in [6.45, 7) is 8.49. The van der Waals surface area contributed by atoms with Gasteiger partial charge in [-0.05, 0) is 51.2 Å².